The number of nitrogens with one attached hydrogen (secondary N) is 1. The first-order valence-electron chi connectivity index (χ1n) is 7.87. The Morgan fingerprint density at radius 1 is 1.29 bits per heavy atom. The molecule has 0 radical (unpaired) electrons. The summed E-state index contributed by atoms with van der Waals surface area (Å²) in [6, 6.07) is 9.32. The molecule has 0 fully saturated rings. The number of fused-ring (bicyclic) bond motifs is 1. The molecule has 1 unspecified atom stereocenters. The van der Waals surface area contributed by atoms with Gasteiger partial charge in [0.05, 0.1) is 21.2 Å². The molecule has 1 heterocycles. The van der Waals surface area contributed by atoms with Crippen molar-refractivity contribution in [1.82, 2.24) is 4.37 Å². The molecule has 0 saturated heterocycles. The van der Waals surface area contributed by atoms with E-state index in [1.165, 1.54) is 25.1 Å². The molecular formula is C17H12ClN5O4S. The summed E-state index contributed by atoms with van der Waals surface area (Å²) in [4.78, 5) is 34.7. The van der Waals surface area contributed by atoms with Gasteiger partial charge in [0, 0.05) is 17.5 Å². The minimum absolute atomic E-state index is 0.122. The lowest BCUT2D eigenvalue weighted by Gasteiger charge is -2.10. The number of nitro groups is 1. The number of para-hydroxylation sites is 1. The molecule has 1 atom stereocenters. The summed E-state index contributed by atoms with van der Waals surface area (Å²) in [7, 11) is 0. The van der Waals surface area contributed by atoms with Gasteiger partial charge in [-0.3, -0.25) is 19.7 Å². The maximum Gasteiger partial charge on any atom is 0.270 e. The Morgan fingerprint density at radius 2 is 2.04 bits per heavy atom. The van der Waals surface area contributed by atoms with E-state index in [1.807, 2.05) is 0 Å². The van der Waals surface area contributed by atoms with E-state index in [0.29, 0.717) is 21.6 Å². The minimum Gasteiger partial charge on any atom is -0.322 e. The molecule has 0 saturated carbocycles. The van der Waals surface area contributed by atoms with E-state index < -0.39 is 22.7 Å². The van der Waals surface area contributed by atoms with Crippen LogP contribution in [-0.2, 0) is 9.59 Å². The first-order chi connectivity index (χ1) is 13.4. The van der Waals surface area contributed by atoms with Gasteiger partial charge in [0.1, 0.15) is 0 Å². The number of azo groups is 1. The van der Waals surface area contributed by atoms with Crippen LogP contribution in [0.1, 0.15) is 6.92 Å². The van der Waals surface area contributed by atoms with Crippen LogP contribution in [0.4, 0.5) is 16.4 Å². The second-order valence-electron chi connectivity index (χ2n) is 5.64. The number of benzene rings is 2. The number of halogens is 1. The van der Waals surface area contributed by atoms with Crippen LogP contribution in [0.5, 0.6) is 0 Å². The average molecular weight is 418 g/mol. The van der Waals surface area contributed by atoms with E-state index in [-0.39, 0.29) is 10.7 Å². The van der Waals surface area contributed by atoms with Crippen LogP contribution in [0.3, 0.4) is 0 Å². The zero-order valence-corrected chi connectivity index (χ0v) is 15.9. The maximum atomic E-state index is 12.4. The van der Waals surface area contributed by atoms with Crippen molar-refractivity contribution in [3.05, 3.63) is 57.6 Å². The number of Topliss-reactive ketones (excluding diaryl/α,β-unsaturated/α-hetero) is 1. The Labute approximate surface area is 167 Å². The van der Waals surface area contributed by atoms with Gasteiger partial charge in [-0.1, -0.05) is 23.7 Å². The topological polar surface area (TPSA) is 127 Å². The molecule has 11 heteroatoms. The fraction of sp³-hybridized carbons (Fsp3) is 0.118. The number of amides is 1. The van der Waals surface area contributed by atoms with Crippen molar-refractivity contribution in [1.29, 1.82) is 0 Å². The minimum atomic E-state index is -1.40. The van der Waals surface area contributed by atoms with Gasteiger partial charge < -0.3 is 5.32 Å². The maximum absolute atomic E-state index is 12.4. The molecule has 1 amide bonds. The molecule has 9 nitrogen and oxygen atoms in total. The number of anilines is 1. The van der Waals surface area contributed by atoms with Gasteiger partial charge in [-0.25, -0.2) is 0 Å². The number of ketones is 1. The second kappa shape index (κ2) is 8.19. The lowest BCUT2D eigenvalue weighted by molar-refractivity contribution is -0.384. The number of non-ortho nitro benzene ring substituents is 1. The van der Waals surface area contributed by atoms with Crippen molar-refractivity contribution >= 4 is 62.1 Å². The summed E-state index contributed by atoms with van der Waals surface area (Å²) >= 11 is 6.96. The quantitative estimate of drug-likeness (QED) is 0.272. The molecule has 0 bridgehead atoms. The third-order valence-electron chi connectivity index (χ3n) is 3.68. The van der Waals surface area contributed by atoms with Crippen LogP contribution in [0.15, 0.2) is 52.7 Å². The molecule has 2 aromatic carbocycles. The number of nitrogens with zero attached hydrogens (tertiary/aromatic N) is 4. The van der Waals surface area contributed by atoms with Crippen molar-refractivity contribution in [3.63, 3.8) is 0 Å². The molecule has 0 aliphatic rings. The van der Waals surface area contributed by atoms with Crippen molar-refractivity contribution in [2.24, 2.45) is 10.2 Å². The summed E-state index contributed by atoms with van der Waals surface area (Å²) in [6.45, 7) is 1.21. The normalized spacial score (nSPS) is 12.2. The summed E-state index contributed by atoms with van der Waals surface area (Å²) in [5.41, 5.74) is 0.725. The number of hydrogen-bond donors (Lipinski definition) is 1. The fourth-order valence-corrected chi connectivity index (χ4v) is 3.17. The average Bonchev–Trinajstić information content (AvgIpc) is 3.06. The number of hydrogen-bond acceptors (Lipinski definition) is 8. The number of carbonyl (C=O) groups is 2. The first-order valence-corrected chi connectivity index (χ1v) is 9.02. The van der Waals surface area contributed by atoms with Gasteiger partial charge in [0.15, 0.2) is 10.8 Å². The summed E-state index contributed by atoms with van der Waals surface area (Å²) in [5.74, 6) is -1.21. The van der Waals surface area contributed by atoms with E-state index in [9.17, 15) is 19.7 Å². The van der Waals surface area contributed by atoms with Crippen LogP contribution >= 0.6 is 23.1 Å². The standard InChI is InChI=1S/C17H12ClN5O4S/c1-9(24)15(16(25)19-14-5-3-2-4-12(14)18)20-21-17-11-8-10(23(26)27)6-7-13(11)22-28-17/h2-8,15H,1H3,(H,19,25). The SMILES string of the molecule is CC(=O)C(N=Nc1snc2ccc([N+](=O)[O-])cc12)C(=O)Nc1ccccc1Cl. The van der Waals surface area contributed by atoms with Crippen LogP contribution in [0.2, 0.25) is 5.02 Å². The molecule has 1 aromatic heterocycles. The van der Waals surface area contributed by atoms with Gasteiger partial charge in [-0.05, 0) is 36.7 Å². The smallest absolute Gasteiger partial charge is 0.270 e. The van der Waals surface area contributed by atoms with Gasteiger partial charge in [-0.2, -0.15) is 9.49 Å². The number of aromatic nitrogens is 1. The largest absolute Gasteiger partial charge is 0.322 e. The Morgan fingerprint density at radius 3 is 2.71 bits per heavy atom. The van der Waals surface area contributed by atoms with E-state index >= 15 is 0 Å². The monoisotopic (exact) mass is 417 g/mol. The van der Waals surface area contributed by atoms with Crippen molar-refractivity contribution < 1.29 is 14.5 Å². The van der Waals surface area contributed by atoms with Crippen molar-refractivity contribution in [2.45, 2.75) is 13.0 Å². The van der Waals surface area contributed by atoms with E-state index in [0.717, 1.165) is 11.5 Å². The molecule has 0 aliphatic heterocycles. The Kier molecular flexibility index (Phi) is 5.71. The van der Waals surface area contributed by atoms with Gasteiger partial charge in [0.25, 0.3) is 11.6 Å². The zero-order chi connectivity index (χ0) is 20.3. The third kappa shape index (κ3) is 4.18. The van der Waals surface area contributed by atoms with E-state index in [1.54, 1.807) is 24.3 Å². The van der Waals surface area contributed by atoms with Crippen LogP contribution in [0.25, 0.3) is 10.9 Å². The molecule has 1 N–H and O–H groups in total. The lowest BCUT2D eigenvalue weighted by Crippen LogP contribution is -2.31. The molecule has 3 rings (SSSR count). The van der Waals surface area contributed by atoms with Gasteiger partial charge in [-0.15, -0.1) is 5.11 Å². The molecule has 0 aliphatic carbocycles. The Balaban J connectivity index is 1.87. The van der Waals surface area contributed by atoms with Crippen LogP contribution in [0, 0.1) is 10.1 Å². The molecule has 3 aromatic rings. The van der Waals surface area contributed by atoms with Gasteiger partial charge >= 0.3 is 0 Å². The van der Waals surface area contributed by atoms with Gasteiger partial charge in [0.2, 0.25) is 6.04 Å². The third-order valence-corrected chi connectivity index (χ3v) is 4.77. The predicted molar refractivity (Wildman–Crippen MR) is 105 cm³/mol. The predicted octanol–water partition coefficient (Wildman–Crippen LogP) is 4.54. The summed E-state index contributed by atoms with van der Waals surface area (Å²) < 4.78 is 4.13. The molecule has 28 heavy (non-hydrogen) atoms. The zero-order valence-electron chi connectivity index (χ0n) is 14.3. The Hall–Kier alpha value is -3.24. The number of nitro benzene ring substituents is 1. The molecule has 0 spiro atoms. The summed E-state index contributed by atoms with van der Waals surface area (Å²) in [6.07, 6.45) is 0. The van der Waals surface area contributed by atoms with Crippen molar-refractivity contribution in [2.75, 3.05) is 5.32 Å². The highest BCUT2D eigenvalue weighted by Crippen LogP contribution is 2.33. The summed E-state index contributed by atoms with van der Waals surface area (Å²) in [5, 5.41) is 22.3. The lowest BCUT2D eigenvalue weighted by atomic mass is 10.2. The fourth-order valence-electron chi connectivity index (χ4n) is 2.29. The van der Waals surface area contributed by atoms with E-state index in [2.05, 4.69) is 19.9 Å². The van der Waals surface area contributed by atoms with Crippen LogP contribution in [-0.4, -0.2) is 27.0 Å². The van der Waals surface area contributed by atoms with Crippen LogP contribution < -0.4 is 5.32 Å². The number of rotatable bonds is 6. The highest BCUT2D eigenvalue weighted by atomic mass is 35.5. The van der Waals surface area contributed by atoms with E-state index in [4.69, 9.17) is 11.6 Å². The molecular weight excluding hydrogens is 406 g/mol. The first kappa shape index (κ1) is 19.5. The second-order valence-corrected chi connectivity index (χ2v) is 6.80. The number of carbonyl (C=O) groups excluding carboxylic acids is 2. The van der Waals surface area contributed by atoms with Crippen molar-refractivity contribution in [3.8, 4) is 0 Å². The Bertz CT molecular complexity index is 1110. The highest BCUT2D eigenvalue weighted by Gasteiger charge is 2.24. The highest BCUT2D eigenvalue weighted by molar-refractivity contribution is 7.11. The molecule has 142 valence electrons.